The van der Waals surface area contributed by atoms with Crippen molar-refractivity contribution in [3.05, 3.63) is 29.3 Å². The number of nitrogens with zero attached hydrogens (tertiary/aromatic N) is 3. The van der Waals surface area contributed by atoms with E-state index in [0.29, 0.717) is 23.9 Å². The molecule has 4 heterocycles. The van der Waals surface area contributed by atoms with Gasteiger partial charge in [0.2, 0.25) is 11.8 Å². The Morgan fingerprint density at radius 2 is 1.63 bits per heavy atom. The van der Waals surface area contributed by atoms with Gasteiger partial charge < -0.3 is 15.1 Å². The lowest BCUT2D eigenvalue weighted by Crippen LogP contribution is -2.52. The van der Waals surface area contributed by atoms with Crippen molar-refractivity contribution in [1.82, 2.24) is 20.4 Å². The number of piperidine rings is 2. The van der Waals surface area contributed by atoms with Gasteiger partial charge >= 0.3 is 0 Å². The lowest BCUT2D eigenvalue weighted by molar-refractivity contribution is -0.136. The van der Waals surface area contributed by atoms with Crippen molar-refractivity contribution in [2.75, 3.05) is 44.2 Å². The van der Waals surface area contributed by atoms with Crippen LogP contribution in [-0.4, -0.2) is 78.9 Å². The van der Waals surface area contributed by atoms with E-state index in [9.17, 15) is 14.4 Å². The van der Waals surface area contributed by atoms with Crippen LogP contribution in [-0.2, 0) is 16.1 Å². The first kappa shape index (κ1) is 23.0. The van der Waals surface area contributed by atoms with Crippen LogP contribution in [0.3, 0.4) is 0 Å². The second-order valence-corrected chi connectivity index (χ2v) is 11.2. The number of fused-ring (bicyclic) bond motifs is 1. The average Bonchev–Trinajstić information content (AvgIpc) is 3.20. The van der Waals surface area contributed by atoms with Crippen LogP contribution in [0.4, 0.5) is 5.69 Å². The molecule has 1 aliphatic carbocycles. The zero-order chi connectivity index (χ0) is 24.0. The molecule has 35 heavy (non-hydrogen) atoms. The van der Waals surface area contributed by atoms with E-state index in [1.54, 1.807) is 4.90 Å². The zero-order valence-corrected chi connectivity index (χ0v) is 20.6. The summed E-state index contributed by atoms with van der Waals surface area (Å²) in [4.78, 5) is 43.6. The van der Waals surface area contributed by atoms with E-state index in [-0.39, 0.29) is 24.1 Å². The third-order valence-corrected chi connectivity index (χ3v) is 9.38. The zero-order valence-electron chi connectivity index (χ0n) is 20.6. The average molecular weight is 480 g/mol. The van der Waals surface area contributed by atoms with Crippen molar-refractivity contribution in [1.29, 1.82) is 0 Å². The summed E-state index contributed by atoms with van der Waals surface area (Å²) in [6.45, 7) is 7.04. The molecule has 6 rings (SSSR count). The standard InChI is InChI=1S/C27H37N5O3/c33-24-4-3-23(25(34)29-24)32-18-19-17-21(1-2-22(19)26(32)35)31-15-13-30(14-16-31)20-5-7-27(8-6-20)9-11-28-12-10-27/h1-2,17,20,23,28H,3-16,18H2,(H,29,33,34)/t23-/m0/s1. The summed E-state index contributed by atoms with van der Waals surface area (Å²) >= 11 is 0. The van der Waals surface area contributed by atoms with Crippen molar-refractivity contribution in [2.45, 2.75) is 70.0 Å². The molecule has 1 aromatic carbocycles. The summed E-state index contributed by atoms with van der Waals surface area (Å²) in [5.74, 6) is -0.710. The molecule has 4 fully saturated rings. The molecular formula is C27H37N5O3. The van der Waals surface area contributed by atoms with Crippen molar-refractivity contribution in [2.24, 2.45) is 5.41 Å². The topological polar surface area (TPSA) is 85.0 Å². The predicted molar refractivity (Wildman–Crippen MR) is 133 cm³/mol. The van der Waals surface area contributed by atoms with Crippen molar-refractivity contribution in [3.63, 3.8) is 0 Å². The Hall–Kier alpha value is -2.45. The fraction of sp³-hybridized carbons (Fsp3) is 0.667. The first-order valence-electron chi connectivity index (χ1n) is 13.5. The third-order valence-electron chi connectivity index (χ3n) is 9.38. The maximum atomic E-state index is 13.0. The molecule has 3 saturated heterocycles. The van der Waals surface area contributed by atoms with E-state index in [2.05, 4.69) is 32.6 Å². The van der Waals surface area contributed by atoms with Gasteiger partial charge in [0.1, 0.15) is 6.04 Å². The summed E-state index contributed by atoms with van der Waals surface area (Å²) in [7, 11) is 0. The van der Waals surface area contributed by atoms with Crippen LogP contribution in [0.25, 0.3) is 0 Å². The highest BCUT2D eigenvalue weighted by Gasteiger charge is 2.40. The van der Waals surface area contributed by atoms with Gasteiger partial charge in [0.25, 0.3) is 5.91 Å². The molecule has 1 aromatic rings. The van der Waals surface area contributed by atoms with E-state index in [0.717, 1.165) is 37.8 Å². The van der Waals surface area contributed by atoms with Gasteiger partial charge in [-0.05, 0) is 87.2 Å². The van der Waals surface area contributed by atoms with Crippen molar-refractivity contribution < 1.29 is 14.4 Å². The molecule has 0 aromatic heterocycles. The smallest absolute Gasteiger partial charge is 0.255 e. The summed E-state index contributed by atoms with van der Waals surface area (Å²) in [6.07, 6.45) is 8.87. The summed E-state index contributed by atoms with van der Waals surface area (Å²) in [5.41, 5.74) is 3.46. The number of carbonyl (C=O) groups is 3. The van der Waals surface area contributed by atoms with E-state index in [1.165, 1.54) is 57.3 Å². The molecule has 8 nitrogen and oxygen atoms in total. The van der Waals surface area contributed by atoms with Gasteiger partial charge in [-0.15, -0.1) is 0 Å². The highest BCUT2D eigenvalue weighted by molar-refractivity contribution is 6.05. The number of hydrogen-bond donors (Lipinski definition) is 2. The molecule has 0 unspecified atom stereocenters. The molecule has 0 radical (unpaired) electrons. The highest BCUT2D eigenvalue weighted by Crippen LogP contribution is 2.44. The Kier molecular flexibility index (Phi) is 6.05. The molecular weight excluding hydrogens is 442 g/mol. The fourth-order valence-electron chi connectivity index (χ4n) is 7.14. The number of rotatable bonds is 3. The molecule has 4 aliphatic heterocycles. The Morgan fingerprint density at radius 3 is 2.34 bits per heavy atom. The first-order chi connectivity index (χ1) is 17.0. The van der Waals surface area contributed by atoms with Crippen LogP contribution in [0.2, 0.25) is 0 Å². The maximum absolute atomic E-state index is 13.0. The summed E-state index contributed by atoms with van der Waals surface area (Å²) < 4.78 is 0. The van der Waals surface area contributed by atoms with E-state index in [4.69, 9.17) is 0 Å². The molecule has 3 amide bonds. The van der Waals surface area contributed by atoms with Gasteiger partial charge in [0.15, 0.2) is 0 Å². The largest absolute Gasteiger partial charge is 0.369 e. The van der Waals surface area contributed by atoms with Gasteiger partial charge in [0, 0.05) is 56.4 Å². The molecule has 188 valence electrons. The second kappa shape index (κ2) is 9.21. The van der Waals surface area contributed by atoms with Crippen LogP contribution < -0.4 is 15.5 Å². The van der Waals surface area contributed by atoms with Crippen LogP contribution >= 0.6 is 0 Å². The first-order valence-corrected chi connectivity index (χ1v) is 13.5. The third kappa shape index (κ3) is 4.35. The minimum Gasteiger partial charge on any atom is -0.369 e. The Bertz CT molecular complexity index is 1000. The number of anilines is 1. The maximum Gasteiger partial charge on any atom is 0.255 e. The molecule has 1 atom stereocenters. The lowest BCUT2D eigenvalue weighted by atomic mass is 9.67. The van der Waals surface area contributed by atoms with Gasteiger partial charge in [-0.25, -0.2) is 0 Å². The molecule has 2 N–H and O–H groups in total. The van der Waals surface area contributed by atoms with Gasteiger partial charge in [-0.1, -0.05) is 0 Å². The number of amides is 3. The minimum atomic E-state index is -0.556. The fourth-order valence-corrected chi connectivity index (χ4v) is 7.14. The minimum absolute atomic E-state index is 0.102. The number of imide groups is 1. The van der Waals surface area contributed by atoms with Crippen molar-refractivity contribution in [3.8, 4) is 0 Å². The SMILES string of the molecule is O=C1CC[C@H](N2Cc3cc(N4CCN(C5CCC6(CCNCC6)CC5)CC4)ccc3C2=O)C(=O)N1. The number of hydrogen-bond acceptors (Lipinski definition) is 6. The van der Waals surface area contributed by atoms with Gasteiger partial charge in [-0.3, -0.25) is 24.6 Å². The Balaban J connectivity index is 1.05. The van der Waals surface area contributed by atoms with Crippen molar-refractivity contribution >= 4 is 23.4 Å². The van der Waals surface area contributed by atoms with Crippen LogP contribution in [0.5, 0.6) is 0 Å². The van der Waals surface area contributed by atoms with E-state index in [1.807, 2.05) is 6.07 Å². The van der Waals surface area contributed by atoms with Gasteiger partial charge in [0.05, 0.1) is 0 Å². The predicted octanol–water partition coefficient (Wildman–Crippen LogP) is 1.88. The highest BCUT2D eigenvalue weighted by atomic mass is 16.2. The van der Waals surface area contributed by atoms with E-state index >= 15 is 0 Å². The number of carbonyl (C=O) groups excluding carboxylic acids is 3. The lowest BCUT2D eigenvalue weighted by Gasteiger charge is -2.47. The number of nitrogens with one attached hydrogen (secondary N) is 2. The number of piperazine rings is 1. The van der Waals surface area contributed by atoms with Gasteiger partial charge in [-0.2, -0.15) is 0 Å². The Labute approximate surface area is 207 Å². The molecule has 0 bridgehead atoms. The van der Waals surface area contributed by atoms with E-state index < -0.39 is 6.04 Å². The van der Waals surface area contributed by atoms with Crippen LogP contribution in [0.15, 0.2) is 18.2 Å². The van der Waals surface area contributed by atoms with Crippen LogP contribution in [0, 0.1) is 5.41 Å². The normalized spacial score (nSPS) is 27.9. The molecule has 1 saturated carbocycles. The molecule has 5 aliphatic rings. The Morgan fingerprint density at radius 1 is 0.886 bits per heavy atom. The molecule has 8 heteroatoms. The monoisotopic (exact) mass is 479 g/mol. The summed E-state index contributed by atoms with van der Waals surface area (Å²) in [5, 5.41) is 5.90. The number of benzene rings is 1. The quantitative estimate of drug-likeness (QED) is 0.644. The van der Waals surface area contributed by atoms with Crippen LogP contribution in [0.1, 0.15) is 67.3 Å². The summed E-state index contributed by atoms with van der Waals surface area (Å²) in [6, 6.07) is 6.29. The second-order valence-electron chi connectivity index (χ2n) is 11.2. The molecule has 1 spiro atoms.